The van der Waals surface area contributed by atoms with Gasteiger partial charge in [0, 0.05) is 18.0 Å². The summed E-state index contributed by atoms with van der Waals surface area (Å²) >= 11 is 0. The number of aryl methyl sites for hydroxylation is 1. The molecule has 0 atom stereocenters. The average molecular weight is 215 g/mol. The van der Waals surface area contributed by atoms with Crippen molar-refractivity contribution in [2.24, 2.45) is 0 Å². The highest BCUT2D eigenvalue weighted by Crippen LogP contribution is 2.20. The van der Waals surface area contributed by atoms with Crippen LogP contribution in [-0.2, 0) is 6.42 Å². The number of hydrogen-bond acceptors (Lipinski definition) is 2. The highest BCUT2D eigenvalue weighted by atomic mass is 15.1. The van der Waals surface area contributed by atoms with Gasteiger partial charge in [0.2, 0.25) is 0 Å². The van der Waals surface area contributed by atoms with Crippen LogP contribution < -0.4 is 0 Å². The van der Waals surface area contributed by atoms with E-state index >= 15 is 0 Å². The second kappa shape index (κ2) is 5.45. The number of nitrogens with zero attached hydrogens (tertiary/aromatic N) is 2. The third-order valence-corrected chi connectivity index (χ3v) is 2.68. The monoisotopic (exact) mass is 215 g/mol. The zero-order valence-corrected chi connectivity index (χ0v) is 9.61. The van der Waals surface area contributed by atoms with Gasteiger partial charge in [-0.05, 0) is 25.0 Å². The third-order valence-electron chi connectivity index (χ3n) is 2.68. The Morgan fingerprint density at radius 1 is 1.25 bits per heavy atom. The molecule has 0 saturated carbocycles. The van der Waals surface area contributed by atoms with E-state index in [-0.39, 0.29) is 0 Å². The fourth-order valence-electron chi connectivity index (χ4n) is 1.80. The fraction of sp³-hybridized carbons (Fsp3) is 0.385. The van der Waals surface area contributed by atoms with Crippen molar-refractivity contribution in [1.82, 2.24) is 15.2 Å². The Labute approximate surface area is 95.9 Å². The highest BCUT2D eigenvalue weighted by Gasteiger charge is 2.08. The minimum Gasteiger partial charge on any atom is -0.285 e. The summed E-state index contributed by atoms with van der Waals surface area (Å²) in [5.74, 6) is 0. The van der Waals surface area contributed by atoms with Crippen molar-refractivity contribution in [3.05, 3.63) is 36.3 Å². The van der Waals surface area contributed by atoms with Crippen LogP contribution in [0.4, 0.5) is 0 Å². The van der Waals surface area contributed by atoms with E-state index < -0.39 is 0 Å². The number of hydrogen-bond donors (Lipinski definition) is 1. The van der Waals surface area contributed by atoms with E-state index in [2.05, 4.69) is 22.1 Å². The molecule has 3 heteroatoms. The Kier molecular flexibility index (Phi) is 3.70. The molecule has 0 bridgehead atoms. The summed E-state index contributed by atoms with van der Waals surface area (Å²) in [7, 11) is 0. The van der Waals surface area contributed by atoms with Crippen LogP contribution in [-0.4, -0.2) is 15.2 Å². The average Bonchev–Trinajstić information content (AvgIpc) is 2.79. The zero-order chi connectivity index (χ0) is 11.2. The first-order valence-corrected chi connectivity index (χ1v) is 5.86. The summed E-state index contributed by atoms with van der Waals surface area (Å²) in [6, 6.07) is 5.96. The minimum absolute atomic E-state index is 1.00. The largest absolute Gasteiger partial charge is 0.285 e. The zero-order valence-electron chi connectivity index (χ0n) is 9.61. The molecule has 0 fully saturated rings. The minimum atomic E-state index is 1.00. The van der Waals surface area contributed by atoms with Gasteiger partial charge in [0.1, 0.15) is 0 Å². The lowest BCUT2D eigenvalue weighted by Crippen LogP contribution is -1.90. The predicted octanol–water partition coefficient (Wildman–Crippen LogP) is 3.20. The number of aromatic nitrogens is 3. The molecule has 1 N–H and O–H groups in total. The van der Waals surface area contributed by atoms with Crippen molar-refractivity contribution in [3.63, 3.8) is 0 Å². The molecule has 0 amide bonds. The topological polar surface area (TPSA) is 41.6 Å². The maximum atomic E-state index is 4.35. The van der Waals surface area contributed by atoms with Crippen LogP contribution in [0.25, 0.3) is 11.3 Å². The summed E-state index contributed by atoms with van der Waals surface area (Å²) in [5.41, 5.74) is 3.27. The van der Waals surface area contributed by atoms with E-state index in [0.29, 0.717) is 0 Å². The van der Waals surface area contributed by atoms with Crippen LogP contribution >= 0.6 is 0 Å². The number of pyridine rings is 1. The van der Waals surface area contributed by atoms with E-state index in [4.69, 9.17) is 0 Å². The Morgan fingerprint density at radius 2 is 2.19 bits per heavy atom. The maximum absolute atomic E-state index is 4.35. The second-order valence-electron chi connectivity index (χ2n) is 3.92. The van der Waals surface area contributed by atoms with Crippen molar-refractivity contribution in [2.75, 3.05) is 0 Å². The lowest BCUT2D eigenvalue weighted by molar-refractivity contribution is 0.706. The molecule has 0 saturated heterocycles. The smallest absolute Gasteiger partial charge is 0.0736 e. The molecule has 84 valence electrons. The summed E-state index contributed by atoms with van der Waals surface area (Å²) in [6.07, 6.45) is 8.48. The van der Waals surface area contributed by atoms with Gasteiger partial charge in [-0.25, -0.2) is 0 Å². The van der Waals surface area contributed by atoms with Crippen LogP contribution in [0.1, 0.15) is 31.9 Å². The molecule has 16 heavy (non-hydrogen) atoms. The molecule has 0 unspecified atom stereocenters. The summed E-state index contributed by atoms with van der Waals surface area (Å²) in [5, 5.41) is 7.23. The van der Waals surface area contributed by atoms with Gasteiger partial charge in [0.05, 0.1) is 11.4 Å². The predicted molar refractivity (Wildman–Crippen MR) is 65.0 cm³/mol. The number of rotatable bonds is 5. The summed E-state index contributed by atoms with van der Waals surface area (Å²) in [6.45, 7) is 2.21. The maximum Gasteiger partial charge on any atom is 0.0736 e. The lowest BCUT2D eigenvalue weighted by Gasteiger charge is -2.00. The van der Waals surface area contributed by atoms with E-state index in [1.54, 1.807) is 0 Å². The van der Waals surface area contributed by atoms with Gasteiger partial charge in [-0.2, -0.15) is 5.10 Å². The number of unbranched alkanes of at least 4 members (excludes halogenated alkanes) is 2. The van der Waals surface area contributed by atoms with Gasteiger partial charge in [0.25, 0.3) is 0 Å². The molecule has 0 aliphatic carbocycles. The van der Waals surface area contributed by atoms with Gasteiger partial charge >= 0.3 is 0 Å². The molecule has 2 aromatic rings. The molecule has 0 aliphatic heterocycles. The van der Waals surface area contributed by atoms with E-state index in [1.807, 2.05) is 30.6 Å². The van der Waals surface area contributed by atoms with E-state index in [0.717, 1.165) is 23.4 Å². The normalized spacial score (nSPS) is 10.6. The van der Waals surface area contributed by atoms with Crippen LogP contribution in [0.15, 0.2) is 30.6 Å². The molecular formula is C13H17N3. The Bertz CT molecular complexity index is 420. The Hall–Kier alpha value is -1.64. The van der Waals surface area contributed by atoms with Crippen LogP contribution in [0.3, 0.4) is 0 Å². The molecule has 0 aliphatic rings. The molecule has 2 rings (SSSR count). The number of aromatic amines is 1. The molecule has 0 radical (unpaired) electrons. The first-order chi connectivity index (χ1) is 7.92. The summed E-state index contributed by atoms with van der Waals surface area (Å²) < 4.78 is 0. The van der Waals surface area contributed by atoms with Gasteiger partial charge in [0.15, 0.2) is 0 Å². The molecule has 0 aromatic carbocycles. The Balaban J connectivity index is 2.13. The highest BCUT2D eigenvalue weighted by molar-refractivity contribution is 5.60. The Morgan fingerprint density at radius 3 is 2.94 bits per heavy atom. The van der Waals surface area contributed by atoms with Crippen LogP contribution in [0, 0.1) is 0 Å². The van der Waals surface area contributed by atoms with E-state index in [9.17, 15) is 0 Å². The molecule has 3 nitrogen and oxygen atoms in total. The standard InChI is InChI=1S/C13H17N3/c1-2-3-4-8-13-11(10-15-16-13)12-7-5-6-9-14-12/h5-7,9-10H,2-4,8H2,1H3,(H,15,16). The molecule has 0 spiro atoms. The van der Waals surface area contributed by atoms with Crippen molar-refractivity contribution in [2.45, 2.75) is 32.6 Å². The third kappa shape index (κ3) is 2.48. The second-order valence-corrected chi connectivity index (χ2v) is 3.92. The van der Waals surface area contributed by atoms with Gasteiger partial charge in [-0.15, -0.1) is 0 Å². The lowest BCUT2D eigenvalue weighted by atomic mass is 10.1. The van der Waals surface area contributed by atoms with E-state index in [1.165, 1.54) is 19.3 Å². The summed E-state index contributed by atoms with van der Waals surface area (Å²) in [4.78, 5) is 4.35. The molecule has 2 heterocycles. The SMILES string of the molecule is CCCCCc1n[nH]cc1-c1ccccn1. The molecule has 2 aromatic heterocycles. The van der Waals surface area contributed by atoms with Crippen molar-refractivity contribution < 1.29 is 0 Å². The van der Waals surface area contributed by atoms with Crippen LogP contribution in [0.5, 0.6) is 0 Å². The fourth-order valence-corrected chi connectivity index (χ4v) is 1.80. The van der Waals surface area contributed by atoms with Gasteiger partial charge in [-0.3, -0.25) is 10.1 Å². The number of nitrogens with one attached hydrogen (secondary N) is 1. The quantitative estimate of drug-likeness (QED) is 0.778. The molecular weight excluding hydrogens is 198 g/mol. The van der Waals surface area contributed by atoms with Crippen molar-refractivity contribution in [1.29, 1.82) is 0 Å². The first kappa shape index (κ1) is 10.9. The first-order valence-electron chi connectivity index (χ1n) is 5.86. The van der Waals surface area contributed by atoms with Gasteiger partial charge in [-0.1, -0.05) is 25.8 Å². The number of H-pyrrole nitrogens is 1. The van der Waals surface area contributed by atoms with Crippen LogP contribution in [0.2, 0.25) is 0 Å². The van der Waals surface area contributed by atoms with Crippen molar-refractivity contribution >= 4 is 0 Å². The van der Waals surface area contributed by atoms with Crippen molar-refractivity contribution in [3.8, 4) is 11.3 Å². The van der Waals surface area contributed by atoms with Gasteiger partial charge < -0.3 is 0 Å².